The quantitative estimate of drug-likeness (QED) is 0.822. The fourth-order valence-electron chi connectivity index (χ4n) is 1.48. The lowest BCUT2D eigenvalue weighted by Gasteiger charge is -1.93. The number of hydrogen-bond acceptors (Lipinski definition) is 3. The normalized spacial score (nSPS) is 10.9. The molecule has 0 atom stereocenters. The summed E-state index contributed by atoms with van der Waals surface area (Å²) in [6.07, 6.45) is 1.80. The maximum Gasteiger partial charge on any atom is 0.199 e. The van der Waals surface area contributed by atoms with Gasteiger partial charge in [0.25, 0.3) is 0 Å². The molecule has 0 spiro atoms. The second-order valence-electron chi connectivity index (χ2n) is 3.46. The summed E-state index contributed by atoms with van der Waals surface area (Å²) in [6, 6.07) is 2.03. The highest BCUT2D eigenvalue weighted by molar-refractivity contribution is 5.49. The number of nitrogens with zero attached hydrogens (tertiary/aromatic N) is 4. The second-order valence-corrected chi connectivity index (χ2v) is 3.46. The standard InChI is InChI=1S/C10H15N5/c1-4-7-6-8(15(3)14-7)10-11-9(5-2)12-13-10/h6H,4-5H2,1-3H3,(H,11,12,13). The average molecular weight is 205 g/mol. The van der Waals surface area contributed by atoms with Crippen LogP contribution in [0.5, 0.6) is 0 Å². The van der Waals surface area contributed by atoms with Gasteiger partial charge in [-0.2, -0.15) is 10.2 Å². The Morgan fingerprint density at radius 2 is 2.13 bits per heavy atom. The fourth-order valence-corrected chi connectivity index (χ4v) is 1.48. The zero-order valence-corrected chi connectivity index (χ0v) is 9.28. The topological polar surface area (TPSA) is 59.4 Å². The van der Waals surface area contributed by atoms with E-state index in [1.54, 1.807) is 0 Å². The first-order chi connectivity index (χ1) is 7.24. The maximum atomic E-state index is 4.38. The number of H-pyrrole nitrogens is 1. The first-order valence-corrected chi connectivity index (χ1v) is 5.19. The first kappa shape index (κ1) is 9.89. The molecule has 2 rings (SSSR count). The molecule has 0 unspecified atom stereocenters. The number of aromatic nitrogens is 5. The first-order valence-electron chi connectivity index (χ1n) is 5.19. The van der Waals surface area contributed by atoms with Crippen molar-refractivity contribution in [2.75, 3.05) is 0 Å². The summed E-state index contributed by atoms with van der Waals surface area (Å²) in [4.78, 5) is 4.38. The van der Waals surface area contributed by atoms with E-state index in [9.17, 15) is 0 Å². The highest BCUT2D eigenvalue weighted by Gasteiger charge is 2.10. The molecule has 2 aromatic heterocycles. The molecule has 0 aliphatic carbocycles. The van der Waals surface area contributed by atoms with Crippen LogP contribution in [-0.2, 0) is 19.9 Å². The zero-order valence-electron chi connectivity index (χ0n) is 9.28. The molecular weight excluding hydrogens is 190 g/mol. The molecule has 0 aromatic carbocycles. The SMILES string of the molecule is CCc1cc(-c2n[nH]c(CC)n2)n(C)n1. The van der Waals surface area contributed by atoms with E-state index in [1.165, 1.54) is 0 Å². The van der Waals surface area contributed by atoms with Gasteiger partial charge in [-0.3, -0.25) is 9.78 Å². The minimum atomic E-state index is 0.724. The van der Waals surface area contributed by atoms with Crippen molar-refractivity contribution in [3.05, 3.63) is 17.6 Å². The van der Waals surface area contributed by atoms with Crippen molar-refractivity contribution < 1.29 is 0 Å². The molecular formula is C10H15N5. The van der Waals surface area contributed by atoms with Crippen LogP contribution in [0.1, 0.15) is 25.4 Å². The van der Waals surface area contributed by atoms with Gasteiger partial charge in [-0.1, -0.05) is 13.8 Å². The van der Waals surface area contributed by atoms with Crippen molar-refractivity contribution in [1.82, 2.24) is 25.0 Å². The van der Waals surface area contributed by atoms with E-state index < -0.39 is 0 Å². The van der Waals surface area contributed by atoms with Crippen LogP contribution in [0.4, 0.5) is 0 Å². The van der Waals surface area contributed by atoms with Crippen LogP contribution < -0.4 is 0 Å². The summed E-state index contributed by atoms with van der Waals surface area (Å²) in [7, 11) is 1.91. The minimum absolute atomic E-state index is 0.724. The number of rotatable bonds is 3. The van der Waals surface area contributed by atoms with Crippen LogP contribution in [0.25, 0.3) is 11.5 Å². The van der Waals surface area contributed by atoms with Crippen molar-refractivity contribution in [3.8, 4) is 11.5 Å². The molecule has 0 amide bonds. The third kappa shape index (κ3) is 1.77. The summed E-state index contributed by atoms with van der Waals surface area (Å²) in [5, 5.41) is 11.4. The van der Waals surface area contributed by atoms with E-state index in [0.29, 0.717) is 0 Å². The Labute approximate surface area is 88.5 Å². The number of aryl methyl sites for hydroxylation is 3. The monoisotopic (exact) mass is 205 g/mol. The van der Waals surface area contributed by atoms with Crippen LogP contribution in [0, 0.1) is 0 Å². The predicted molar refractivity (Wildman–Crippen MR) is 57.3 cm³/mol. The molecule has 0 bridgehead atoms. The highest BCUT2D eigenvalue weighted by atomic mass is 15.3. The molecule has 1 N–H and O–H groups in total. The molecule has 0 fully saturated rings. The third-order valence-electron chi connectivity index (χ3n) is 2.39. The molecule has 0 radical (unpaired) electrons. The van der Waals surface area contributed by atoms with Gasteiger partial charge < -0.3 is 0 Å². The van der Waals surface area contributed by atoms with Crippen LogP contribution in [0.2, 0.25) is 0 Å². The Morgan fingerprint density at radius 3 is 2.67 bits per heavy atom. The van der Waals surface area contributed by atoms with Crippen molar-refractivity contribution in [2.24, 2.45) is 7.05 Å². The lowest BCUT2D eigenvalue weighted by molar-refractivity contribution is 0.748. The largest absolute Gasteiger partial charge is 0.264 e. The summed E-state index contributed by atoms with van der Waals surface area (Å²) in [5.74, 6) is 1.63. The molecule has 0 saturated heterocycles. The van der Waals surface area contributed by atoms with Gasteiger partial charge in [0.05, 0.1) is 5.69 Å². The second kappa shape index (κ2) is 3.84. The van der Waals surface area contributed by atoms with Gasteiger partial charge >= 0.3 is 0 Å². The van der Waals surface area contributed by atoms with Gasteiger partial charge in [-0.05, 0) is 12.5 Å². The van der Waals surface area contributed by atoms with E-state index in [0.717, 1.165) is 35.9 Å². The van der Waals surface area contributed by atoms with Crippen LogP contribution >= 0.6 is 0 Å². The third-order valence-corrected chi connectivity index (χ3v) is 2.39. The smallest absolute Gasteiger partial charge is 0.199 e. The predicted octanol–water partition coefficient (Wildman–Crippen LogP) is 1.33. The number of hydrogen-bond donors (Lipinski definition) is 1. The van der Waals surface area contributed by atoms with Gasteiger partial charge in [0.2, 0.25) is 0 Å². The van der Waals surface area contributed by atoms with E-state index in [2.05, 4.69) is 27.2 Å². The Morgan fingerprint density at radius 1 is 1.33 bits per heavy atom. The highest BCUT2D eigenvalue weighted by Crippen LogP contribution is 2.15. The number of aromatic amines is 1. The summed E-state index contributed by atoms with van der Waals surface area (Å²) < 4.78 is 1.82. The van der Waals surface area contributed by atoms with Crippen LogP contribution in [0.15, 0.2) is 6.07 Å². The molecule has 0 aliphatic rings. The van der Waals surface area contributed by atoms with E-state index in [1.807, 2.05) is 24.7 Å². The van der Waals surface area contributed by atoms with E-state index in [-0.39, 0.29) is 0 Å². The van der Waals surface area contributed by atoms with Gasteiger partial charge in [0.15, 0.2) is 5.82 Å². The zero-order chi connectivity index (χ0) is 10.8. The molecule has 15 heavy (non-hydrogen) atoms. The summed E-state index contributed by atoms with van der Waals surface area (Å²) in [5.41, 5.74) is 2.03. The fraction of sp³-hybridized carbons (Fsp3) is 0.500. The molecule has 2 heterocycles. The molecule has 5 heteroatoms. The Bertz CT molecular complexity index is 454. The van der Waals surface area contributed by atoms with Crippen molar-refractivity contribution >= 4 is 0 Å². The molecule has 0 saturated carbocycles. The molecule has 0 aliphatic heterocycles. The van der Waals surface area contributed by atoms with E-state index >= 15 is 0 Å². The average Bonchev–Trinajstić information content (AvgIpc) is 2.83. The number of nitrogens with one attached hydrogen (secondary N) is 1. The van der Waals surface area contributed by atoms with Gasteiger partial charge in [-0.15, -0.1) is 0 Å². The van der Waals surface area contributed by atoms with Gasteiger partial charge in [-0.25, -0.2) is 4.98 Å². The van der Waals surface area contributed by atoms with Crippen LogP contribution in [-0.4, -0.2) is 25.0 Å². The Kier molecular flexibility index (Phi) is 2.53. The maximum absolute atomic E-state index is 4.38. The Hall–Kier alpha value is -1.65. The Balaban J connectivity index is 2.39. The summed E-state index contributed by atoms with van der Waals surface area (Å²) in [6.45, 7) is 4.13. The lowest BCUT2D eigenvalue weighted by Crippen LogP contribution is -1.95. The van der Waals surface area contributed by atoms with Gasteiger partial charge in [0.1, 0.15) is 11.5 Å². The van der Waals surface area contributed by atoms with Crippen molar-refractivity contribution in [1.29, 1.82) is 0 Å². The van der Waals surface area contributed by atoms with Crippen LogP contribution in [0.3, 0.4) is 0 Å². The summed E-state index contributed by atoms with van der Waals surface area (Å²) >= 11 is 0. The van der Waals surface area contributed by atoms with Crippen molar-refractivity contribution in [2.45, 2.75) is 26.7 Å². The van der Waals surface area contributed by atoms with Crippen molar-refractivity contribution in [3.63, 3.8) is 0 Å². The molecule has 80 valence electrons. The minimum Gasteiger partial charge on any atom is -0.264 e. The van der Waals surface area contributed by atoms with Gasteiger partial charge in [0, 0.05) is 13.5 Å². The van der Waals surface area contributed by atoms with E-state index in [4.69, 9.17) is 0 Å². The molecule has 5 nitrogen and oxygen atoms in total. The molecule has 2 aromatic rings. The lowest BCUT2D eigenvalue weighted by atomic mass is 10.3.